The minimum Gasteiger partial charge on any atom is -0.480 e. The number of hydrogen-bond acceptors (Lipinski definition) is 6. The number of aliphatic carboxylic acids is 1. The van der Waals surface area contributed by atoms with Crippen LogP contribution in [-0.2, 0) is 9.59 Å². The first-order chi connectivity index (χ1) is 11.2. The topological polar surface area (TPSA) is 140 Å². The molecule has 0 aliphatic carbocycles. The van der Waals surface area contributed by atoms with Crippen LogP contribution in [0.15, 0.2) is 0 Å². The Hall–Kier alpha value is -2.49. The monoisotopic (exact) mass is 353 g/mol. The van der Waals surface area contributed by atoms with Crippen LogP contribution in [-0.4, -0.2) is 43.5 Å². The van der Waals surface area contributed by atoms with Crippen molar-refractivity contribution in [1.29, 1.82) is 0 Å². The highest BCUT2D eigenvalue weighted by Gasteiger charge is 2.25. The standard InChI is InChI=1S/C14H19N5O4S/c1-6(2)11-17-18-14-19(11)7(3)10(24-14)12(21)16-8(13(22)23)4-5-9(15)20/h6,8H,4-5H2,1-3H3,(H2,15,20)(H,16,21)(H,22,23). The van der Waals surface area contributed by atoms with E-state index in [0.717, 1.165) is 17.2 Å². The number of carboxylic acid groups (broad SMARTS) is 1. The molecule has 24 heavy (non-hydrogen) atoms. The number of thiazole rings is 1. The molecule has 1 unspecified atom stereocenters. The number of carboxylic acids is 1. The maximum Gasteiger partial charge on any atom is 0.326 e. The molecule has 130 valence electrons. The van der Waals surface area contributed by atoms with Gasteiger partial charge < -0.3 is 16.2 Å². The van der Waals surface area contributed by atoms with Crippen LogP contribution in [0.1, 0.15) is 53.8 Å². The van der Waals surface area contributed by atoms with Gasteiger partial charge in [-0.25, -0.2) is 4.79 Å². The van der Waals surface area contributed by atoms with E-state index in [1.165, 1.54) is 0 Å². The van der Waals surface area contributed by atoms with Gasteiger partial charge in [0.1, 0.15) is 16.7 Å². The Morgan fingerprint density at radius 1 is 1.33 bits per heavy atom. The van der Waals surface area contributed by atoms with Crippen molar-refractivity contribution in [3.05, 3.63) is 16.4 Å². The molecule has 0 radical (unpaired) electrons. The molecule has 2 amide bonds. The number of aryl methyl sites for hydroxylation is 1. The van der Waals surface area contributed by atoms with Crippen molar-refractivity contribution in [3.63, 3.8) is 0 Å². The number of carbonyl (C=O) groups is 3. The molecular formula is C14H19N5O4S. The van der Waals surface area contributed by atoms with Gasteiger partial charge >= 0.3 is 5.97 Å². The first-order valence-electron chi connectivity index (χ1n) is 7.38. The van der Waals surface area contributed by atoms with Gasteiger partial charge in [-0.2, -0.15) is 0 Å². The van der Waals surface area contributed by atoms with Gasteiger partial charge in [0.05, 0.1) is 0 Å². The SMILES string of the molecule is Cc1c(C(=O)NC(CCC(N)=O)C(=O)O)sc2nnc(C(C)C)n12. The smallest absolute Gasteiger partial charge is 0.326 e. The summed E-state index contributed by atoms with van der Waals surface area (Å²) >= 11 is 1.14. The number of aromatic nitrogens is 3. The second kappa shape index (κ2) is 6.95. The van der Waals surface area contributed by atoms with Crippen molar-refractivity contribution in [2.24, 2.45) is 5.73 Å². The molecule has 0 aliphatic heterocycles. The van der Waals surface area contributed by atoms with Crippen molar-refractivity contribution in [2.75, 3.05) is 0 Å². The molecule has 1 atom stereocenters. The molecule has 2 aromatic heterocycles. The van der Waals surface area contributed by atoms with Crippen LogP contribution in [0.4, 0.5) is 0 Å². The quantitative estimate of drug-likeness (QED) is 0.668. The third kappa shape index (κ3) is 3.53. The van der Waals surface area contributed by atoms with Crippen molar-refractivity contribution >= 4 is 34.1 Å². The van der Waals surface area contributed by atoms with Gasteiger partial charge in [0.15, 0.2) is 0 Å². The van der Waals surface area contributed by atoms with Gasteiger partial charge in [0.25, 0.3) is 5.91 Å². The highest BCUT2D eigenvalue weighted by molar-refractivity contribution is 7.19. The molecule has 0 saturated heterocycles. The fraction of sp³-hybridized carbons (Fsp3) is 0.500. The number of nitrogens with one attached hydrogen (secondary N) is 1. The highest BCUT2D eigenvalue weighted by Crippen LogP contribution is 2.25. The van der Waals surface area contributed by atoms with Gasteiger partial charge in [-0.05, 0) is 13.3 Å². The van der Waals surface area contributed by atoms with Crippen LogP contribution in [0.2, 0.25) is 0 Å². The van der Waals surface area contributed by atoms with Gasteiger partial charge in [0.2, 0.25) is 10.9 Å². The first kappa shape index (κ1) is 17.9. The third-order valence-electron chi connectivity index (χ3n) is 3.52. The summed E-state index contributed by atoms with van der Waals surface area (Å²) in [5.74, 6) is -1.48. The van der Waals surface area contributed by atoms with E-state index in [0.29, 0.717) is 15.5 Å². The van der Waals surface area contributed by atoms with Crippen LogP contribution in [0.3, 0.4) is 0 Å². The molecule has 2 heterocycles. The molecular weight excluding hydrogens is 334 g/mol. The average Bonchev–Trinajstić information content (AvgIpc) is 3.03. The van der Waals surface area contributed by atoms with Crippen LogP contribution < -0.4 is 11.1 Å². The van der Waals surface area contributed by atoms with Crippen molar-refractivity contribution < 1.29 is 19.5 Å². The Balaban J connectivity index is 2.25. The van der Waals surface area contributed by atoms with Crippen LogP contribution >= 0.6 is 11.3 Å². The number of amides is 2. The molecule has 0 bridgehead atoms. The molecule has 0 aliphatic rings. The Kier molecular flexibility index (Phi) is 5.17. The van der Waals surface area contributed by atoms with E-state index >= 15 is 0 Å². The van der Waals surface area contributed by atoms with E-state index in [1.807, 2.05) is 13.8 Å². The first-order valence-corrected chi connectivity index (χ1v) is 8.20. The molecule has 2 aromatic rings. The van der Waals surface area contributed by atoms with Crippen LogP contribution in [0, 0.1) is 6.92 Å². The second-order valence-corrected chi connectivity index (χ2v) is 6.69. The summed E-state index contributed by atoms with van der Waals surface area (Å²) in [6.45, 7) is 5.70. The number of nitrogens with two attached hydrogens (primary N) is 1. The normalized spacial score (nSPS) is 12.5. The van der Waals surface area contributed by atoms with E-state index in [9.17, 15) is 19.5 Å². The van der Waals surface area contributed by atoms with Gasteiger partial charge in [0, 0.05) is 18.0 Å². The van der Waals surface area contributed by atoms with Gasteiger partial charge in [-0.15, -0.1) is 10.2 Å². The fourth-order valence-corrected chi connectivity index (χ4v) is 3.26. The zero-order chi connectivity index (χ0) is 18.0. The zero-order valence-corrected chi connectivity index (χ0v) is 14.4. The lowest BCUT2D eigenvalue weighted by molar-refractivity contribution is -0.139. The molecule has 4 N–H and O–H groups in total. The van der Waals surface area contributed by atoms with Crippen molar-refractivity contribution in [2.45, 2.75) is 45.6 Å². The molecule has 2 rings (SSSR count). The Labute approximate surface area is 141 Å². The summed E-state index contributed by atoms with van der Waals surface area (Å²) in [6.07, 6.45) is -0.178. The molecule has 0 spiro atoms. The van der Waals surface area contributed by atoms with Crippen LogP contribution in [0.25, 0.3) is 4.96 Å². The average molecular weight is 353 g/mol. The van der Waals surface area contributed by atoms with E-state index in [1.54, 1.807) is 11.3 Å². The lowest BCUT2D eigenvalue weighted by Gasteiger charge is -2.13. The zero-order valence-electron chi connectivity index (χ0n) is 13.6. The van der Waals surface area contributed by atoms with E-state index in [-0.39, 0.29) is 18.8 Å². The van der Waals surface area contributed by atoms with Crippen molar-refractivity contribution in [3.8, 4) is 0 Å². The number of hydrogen-bond donors (Lipinski definition) is 3. The lowest BCUT2D eigenvalue weighted by Crippen LogP contribution is -2.41. The summed E-state index contributed by atoms with van der Waals surface area (Å²) in [6, 6.07) is -1.18. The summed E-state index contributed by atoms with van der Waals surface area (Å²) < 4.78 is 1.80. The van der Waals surface area contributed by atoms with Gasteiger partial charge in [-0.1, -0.05) is 25.2 Å². The minimum atomic E-state index is -1.21. The Bertz CT molecular complexity index is 795. The molecule has 9 nitrogen and oxygen atoms in total. The molecule has 0 fully saturated rings. The Morgan fingerprint density at radius 2 is 2.00 bits per heavy atom. The number of primary amides is 1. The number of carbonyl (C=O) groups excluding carboxylic acids is 2. The Morgan fingerprint density at radius 3 is 2.54 bits per heavy atom. The maximum absolute atomic E-state index is 12.4. The summed E-state index contributed by atoms with van der Waals surface area (Å²) in [4.78, 5) is 35.4. The van der Waals surface area contributed by atoms with Gasteiger partial charge in [-0.3, -0.25) is 14.0 Å². The predicted molar refractivity (Wildman–Crippen MR) is 87.0 cm³/mol. The second-order valence-electron chi connectivity index (χ2n) is 5.72. The number of rotatable bonds is 7. The minimum absolute atomic E-state index is 0.0588. The number of fused-ring (bicyclic) bond motifs is 1. The molecule has 0 saturated carbocycles. The highest BCUT2D eigenvalue weighted by atomic mass is 32.1. The largest absolute Gasteiger partial charge is 0.480 e. The summed E-state index contributed by atoms with van der Waals surface area (Å²) in [5, 5.41) is 19.8. The maximum atomic E-state index is 12.4. The van der Waals surface area contributed by atoms with Crippen molar-refractivity contribution in [1.82, 2.24) is 19.9 Å². The molecule has 10 heteroatoms. The number of nitrogens with zero attached hydrogens (tertiary/aromatic N) is 3. The predicted octanol–water partition coefficient (Wildman–Crippen LogP) is 0.671. The van der Waals surface area contributed by atoms with E-state index in [4.69, 9.17) is 5.73 Å². The lowest BCUT2D eigenvalue weighted by atomic mass is 10.1. The van der Waals surface area contributed by atoms with Crippen LogP contribution in [0.5, 0.6) is 0 Å². The summed E-state index contributed by atoms with van der Waals surface area (Å²) in [7, 11) is 0. The molecule has 0 aromatic carbocycles. The van der Waals surface area contributed by atoms with E-state index in [2.05, 4.69) is 15.5 Å². The summed E-state index contributed by atoms with van der Waals surface area (Å²) in [5.41, 5.74) is 5.68. The third-order valence-corrected chi connectivity index (χ3v) is 4.65. The van der Waals surface area contributed by atoms with E-state index < -0.39 is 23.8 Å². The fourth-order valence-electron chi connectivity index (χ4n) is 2.28.